The van der Waals surface area contributed by atoms with Crippen molar-refractivity contribution in [3.63, 3.8) is 0 Å². The summed E-state index contributed by atoms with van der Waals surface area (Å²) in [6, 6.07) is 12.5. The highest BCUT2D eigenvalue weighted by atomic mass is 16.6. The van der Waals surface area contributed by atoms with Crippen LogP contribution in [0.5, 0.6) is 5.75 Å². The fraction of sp³-hybridized carbons (Fsp3) is 0.250. The van der Waals surface area contributed by atoms with E-state index in [1.807, 2.05) is 18.2 Å². The third kappa shape index (κ3) is 2.73. The van der Waals surface area contributed by atoms with Gasteiger partial charge in [0.25, 0.3) is 5.69 Å². The molecule has 3 unspecified atom stereocenters. The number of rotatable bonds is 3. The number of anilines is 1. The first-order valence-corrected chi connectivity index (χ1v) is 8.53. The van der Waals surface area contributed by atoms with Gasteiger partial charge in [-0.2, -0.15) is 0 Å². The van der Waals surface area contributed by atoms with Gasteiger partial charge >= 0.3 is 5.97 Å². The SMILES string of the molecule is CC(=O)Oc1ccc(C2Nc3c(cccc3[N+](=O)[O-])C3C=CCC32)cc1. The number of nitro groups is 1. The first kappa shape index (κ1) is 16.3. The number of hydrogen-bond acceptors (Lipinski definition) is 5. The molecule has 2 aliphatic rings. The van der Waals surface area contributed by atoms with Crippen LogP contribution in [-0.4, -0.2) is 10.9 Å². The number of nitro benzene ring substituents is 1. The number of para-hydroxylation sites is 1. The van der Waals surface area contributed by atoms with Crippen LogP contribution >= 0.6 is 0 Å². The summed E-state index contributed by atoms with van der Waals surface area (Å²) >= 11 is 0. The van der Waals surface area contributed by atoms with Gasteiger partial charge in [-0.25, -0.2) is 0 Å². The van der Waals surface area contributed by atoms with E-state index in [4.69, 9.17) is 4.74 Å². The van der Waals surface area contributed by atoms with Crippen LogP contribution < -0.4 is 10.1 Å². The molecule has 2 aromatic carbocycles. The lowest BCUT2D eigenvalue weighted by Crippen LogP contribution is -2.29. The molecule has 6 heteroatoms. The van der Waals surface area contributed by atoms with E-state index < -0.39 is 0 Å². The second-order valence-corrected chi connectivity index (χ2v) is 6.64. The van der Waals surface area contributed by atoms with Crippen molar-refractivity contribution >= 4 is 17.3 Å². The maximum atomic E-state index is 11.5. The molecule has 0 radical (unpaired) electrons. The summed E-state index contributed by atoms with van der Waals surface area (Å²) in [5.41, 5.74) is 2.69. The summed E-state index contributed by atoms with van der Waals surface area (Å²) in [6.45, 7) is 1.36. The van der Waals surface area contributed by atoms with Crippen LogP contribution in [0.25, 0.3) is 0 Å². The van der Waals surface area contributed by atoms with Crippen molar-refractivity contribution in [3.8, 4) is 5.75 Å². The molecule has 0 saturated carbocycles. The molecule has 0 spiro atoms. The zero-order valence-electron chi connectivity index (χ0n) is 14.2. The van der Waals surface area contributed by atoms with Gasteiger partial charge in [-0.3, -0.25) is 14.9 Å². The van der Waals surface area contributed by atoms with Crippen LogP contribution in [-0.2, 0) is 4.79 Å². The minimum atomic E-state index is -0.363. The average molecular weight is 350 g/mol. The Labute approximate surface area is 150 Å². The molecule has 1 N–H and O–H groups in total. The van der Waals surface area contributed by atoms with Crippen LogP contribution in [0.4, 0.5) is 11.4 Å². The molecule has 132 valence electrons. The monoisotopic (exact) mass is 350 g/mol. The minimum Gasteiger partial charge on any atom is -0.427 e. The summed E-state index contributed by atoms with van der Waals surface area (Å²) in [4.78, 5) is 22.2. The van der Waals surface area contributed by atoms with Gasteiger partial charge < -0.3 is 10.1 Å². The molecule has 0 fully saturated rings. The maximum absolute atomic E-state index is 11.5. The molecule has 0 amide bonds. The topological polar surface area (TPSA) is 81.5 Å². The fourth-order valence-corrected chi connectivity index (χ4v) is 4.00. The molecule has 6 nitrogen and oxygen atoms in total. The Morgan fingerprint density at radius 2 is 2.00 bits per heavy atom. The van der Waals surface area contributed by atoms with Crippen LogP contribution in [0.15, 0.2) is 54.6 Å². The third-order valence-electron chi connectivity index (χ3n) is 5.07. The summed E-state index contributed by atoms with van der Waals surface area (Å²) in [5, 5.41) is 14.9. The predicted molar refractivity (Wildman–Crippen MR) is 97.2 cm³/mol. The maximum Gasteiger partial charge on any atom is 0.308 e. The number of allylic oxidation sites excluding steroid dienone is 2. The number of nitrogens with one attached hydrogen (secondary N) is 1. The smallest absolute Gasteiger partial charge is 0.308 e. The molecule has 4 rings (SSSR count). The van der Waals surface area contributed by atoms with Crippen LogP contribution in [0.1, 0.15) is 36.4 Å². The Kier molecular flexibility index (Phi) is 3.95. The first-order chi connectivity index (χ1) is 12.5. The number of nitrogens with zero attached hydrogens (tertiary/aromatic N) is 1. The Bertz CT molecular complexity index is 905. The van der Waals surface area contributed by atoms with Crippen molar-refractivity contribution in [2.24, 2.45) is 5.92 Å². The molecule has 0 bridgehead atoms. The lowest BCUT2D eigenvalue weighted by molar-refractivity contribution is -0.384. The van der Waals surface area contributed by atoms with Crippen LogP contribution in [0.2, 0.25) is 0 Å². The van der Waals surface area contributed by atoms with E-state index >= 15 is 0 Å². The zero-order valence-corrected chi connectivity index (χ0v) is 14.2. The number of hydrogen-bond donors (Lipinski definition) is 1. The van der Waals surface area contributed by atoms with Crippen molar-refractivity contribution in [2.75, 3.05) is 5.32 Å². The van der Waals surface area contributed by atoms with E-state index in [1.165, 1.54) is 13.0 Å². The number of esters is 1. The predicted octanol–water partition coefficient (Wildman–Crippen LogP) is 4.35. The first-order valence-electron chi connectivity index (χ1n) is 8.53. The second-order valence-electron chi connectivity index (χ2n) is 6.64. The van der Waals surface area contributed by atoms with Gasteiger partial charge in [0, 0.05) is 18.9 Å². The Balaban J connectivity index is 1.72. The molecule has 2 aromatic rings. The molecule has 0 aromatic heterocycles. The highest BCUT2D eigenvalue weighted by Gasteiger charge is 2.40. The fourth-order valence-electron chi connectivity index (χ4n) is 4.00. The summed E-state index contributed by atoms with van der Waals surface area (Å²) in [6.07, 6.45) is 5.20. The van der Waals surface area contributed by atoms with Crippen molar-refractivity contribution in [3.05, 3.63) is 75.9 Å². The molecule has 1 aliphatic heterocycles. The third-order valence-corrected chi connectivity index (χ3v) is 5.07. The molecule has 1 heterocycles. The number of ether oxygens (including phenoxy) is 1. The highest BCUT2D eigenvalue weighted by molar-refractivity contribution is 5.71. The van der Waals surface area contributed by atoms with Gasteiger partial charge in [-0.1, -0.05) is 36.4 Å². The van der Waals surface area contributed by atoms with Gasteiger partial charge in [0.15, 0.2) is 0 Å². The van der Waals surface area contributed by atoms with Gasteiger partial charge in [-0.05, 0) is 35.6 Å². The Morgan fingerprint density at radius 1 is 1.23 bits per heavy atom. The van der Waals surface area contributed by atoms with Gasteiger partial charge in [0.2, 0.25) is 0 Å². The summed E-state index contributed by atoms with van der Waals surface area (Å²) in [5.74, 6) is 0.580. The van der Waals surface area contributed by atoms with Crippen LogP contribution in [0.3, 0.4) is 0 Å². The van der Waals surface area contributed by atoms with Crippen molar-refractivity contribution in [1.82, 2.24) is 0 Å². The molecular weight excluding hydrogens is 332 g/mol. The van der Waals surface area contributed by atoms with Gasteiger partial charge in [-0.15, -0.1) is 0 Å². The largest absolute Gasteiger partial charge is 0.427 e. The number of carbonyl (C=O) groups is 1. The quantitative estimate of drug-likeness (QED) is 0.293. The number of benzene rings is 2. The van der Waals surface area contributed by atoms with E-state index in [2.05, 4.69) is 17.5 Å². The normalized spacial score (nSPS) is 22.9. The lowest BCUT2D eigenvalue weighted by atomic mass is 9.77. The second kappa shape index (κ2) is 6.29. The minimum absolute atomic E-state index is 0.0463. The molecule has 0 saturated heterocycles. The zero-order chi connectivity index (χ0) is 18.3. The number of fused-ring (bicyclic) bond motifs is 3. The van der Waals surface area contributed by atoms with Gasteiger partial charge in [0.05, 0.1) is 11.0 Å². The number of carbonyl (C=O) groups excluding carboxylic acids is 1. The summed E-state index contributed by atoms with van der Waals surface area (Å²) in [7, 11) is 0. The molecule has 26 heavy (non-hydrogen) atoms. The van der Waals surface area contributed by atoms with E-state index in [0.29, 0.717) is 17.4 Å². The van der Waals surface area contributed by atoms with Gasteiger partial charge in [0.1, 0.15) is 11.4 Å². The highest BCUT2D eigenvalue weighted by Crippen LogP contribution is 2.52. The standard InChI is InChI=1S/C20H18N2O4/c1-12(23)26-14-10-8-13(9-11-14)19-16-5-2-4-15(16)17-6-3-7-18(22(24)25)20(17)21-19/h2-4,6-11,15-16,19,21H,5H2,1H3. The molecule has 3 atom stereocenters. The van der Waals surface area contributed by atoms with Crippen molar-refractivity contribution in [1.29, 1.82) is 0 Å². The lowest BCUT2D eigenvalue weighted by Gasteiger charge is -2.37. The van der Waals surface area contributed by atoms with Crippen LogP contribution in [0, 0.1) is 16.0 Å². The van der Waals surface area contributed by atoms with E-state index in [0.717, 1.165) is 17.5 Å². The van der Waals surface area contributed by atoms with E-state index in [9.17, 15) is 14.9 Å². The van der Waals surface area contributed by atoms with E-state index in [1.54, 1.807) is 18.2 Å². The average Bonchev–Trinajstić information content (AvgIpc) is 3.10. The summed E-state index contributed by atoms with van der Waals surface area (Å²) < 4.78 is 5.09. The van der Waals surface area contributed by atoms with Crippen molar-refractivity contribution in [2.45, 2.75) is 25.3 Å². The van der Waals surface area contributed by atoms with Crippen molar-refractivity contribution < 1.29 is 14.5 Å². The molecule has 1 aliphatic carbocycles. The molecular formula is C20H18N2O4. The van der Waals surface area contributed by atoms with E-state index in [-0.39, 0.29) is 28.5 Å². The Morgan fingerprint density at radius 3 is 2.69 bits per heavy atom. The Hall–Kier alpha value is -3.15.